The van der Waals surface area contributed by atoms with E-state index in [1.165, 1.54) is 0 Å². The first kappa shape index (κ1) is 12.4. The predicted octanol–water partition coefficient (Wildman–Crippen LogP) is 2.93. The van der Waals surface area contributed by atoms with Gasteiger partial charge in [-0.3, -0.25) is 9.48 Å². The summed E-state index contributed by atoms with van der Waals surface area (Å²) in [5.41, 5.74) is 0.515. The molecule has 0 bridgehead atoms. The van der Waals surface area contributed by atoms with Crippen LogP contribution in [0.25, 0.3) is 0 Å². The molecule has 0 saturated heterocycles. The lowest BCUT2D eigenvalue weighted by molar-refractivity contribution is 0.102. The van der Waals surface area contributed by atoms with Crippen molar-refractivity contribution in [2.24, 2.45) is 7.05 Å². The van der Waals surface area contributed by atoms with Gasteiger partial charge in [0.2, 0.25) is 0 Å². The van der Waals surface area contributed by atoms with Crippen molar-refractivity contribution in [2.45, 2.75) is 0 Å². The highest BCUT2D eigenvalue weighted by molar-refractivity contribution is 14.1. The van der Waals surface area contributed by atoms with E-state index >= 15 is 0 Å². The van der Waals surface area contributed by atoms with Crippen molar-refractivity contribution in [1.29, 1.82) is 0 Å². The van der Waals surface area contributed by atoms with Gasteiger partial charge in [-0.2, -0.15) is 5.10 Å². The Hall–Kier alpha value is -1.08. The zero-order chi connectivity index (χ0) is 12.4. The predicted molar refractivity (Wildman–Crippen MR) is 75.3 cm³/mol. The van der Waals surface area contributed by atoms with Crippen LogP contribution in [0, 0.1) is 3.57 Å². The van der Waals surface area contributed by atoms with Crippen molar-refractivity contribution in [2.75, 3.05) is 5.32 Å². The number of halogens is 2. The summed E-state index contributed by atoms with van der Waals surface area (Å²) in [6.07, 6.45) is 1.76. The lowest BCUT2D eigenvalue weighted by Gasteiger charge is -2.03. The summed E-state index contributed by atoms with van der Waals surface area (Å²) >= 11 is 8.07. The molecule has 1 aromatic carbocycles. The van der Waals surface area contributed by atoms with E-state index in [4.69, 9.17) is 11.6 Å². The van der Waals surface area contributed by atoms with Gasteiger partial charge in [-0.1, -0.05) is 11.6 Å². The molecule has 1 amide bonds. The van der Waals surface area contributed by atoms with Gasteiger partial charge in [0, 0.05) is 28.4 Å². The normalized spacial score (nSPS) is 10.3. The highest BCUT2D eigenvalue weighted by Crippen LogP contribution is 2.20. The molecule has 6 heteroatoms. The molecule has 2 aromatic rings. The molecule has 0 saturated carbocycles. The molecule has 0 unspecified atom stereocenters. The molecule has 0 aliphatic carbocycles. The topological polar surface area (TPSA) is 46.9 Å². The molecule has 0 aliphatic heterocycles. The Kier molecular flexibility index (Phi) is 3.68. The number of amides is 1. The standard InChI is InChI=1S/C11H9ClIN3O/c1-16-5-4-10(15-16)14-11(17)7-2-3-9(13)8(12)6-7/h2-6H,1H3,(H,14,15,17). The Morgan fingerprint density at radius 2 is 2.24 bits per heavy atom. The van der Waals surface area contributed by atoms with Crippen LogP contribution in [0.4, 0.5) is 5.82 Å². The number of hydrogen-bond acceptors (Lipinski definition) is 2. The fourth-order valence-electron chi connectivity index (χ4n) is 1.31. The van der Waals surface area contributed by atoms with E-state index in [-0.39, 0.29) is 5.91 Å². The van der Waals surface area contributed by atoms with Gasteiger partial charge >= 0.3 is 0 Å². The van der Waals surface area contributed by atoms with E-state index in [0.29, 0.717) is 16.4 Å². The van der Waals surface area contributed by atoms with Crippen LogP contribution in [0.5, 0.6) is 0 Å². The molecule has 0 aliphatic rings. The number of nitrogens with zero attached hydrogens (tertiary/aromatic N) is 2. The van der Waals surface area contributed by atoms with Crippen molar-refractivity contribution >= 4 is 45.9 Å². The number of aryl methyl sites for hydroxylation is 1. The summed E-state index contributed by atoms with van der Waals surface area (Å²) in [5, 5.41) is 7.33. The minimum absolute atomic E-state index is 0.220. The molecule has 1 aromatic heterocycles. The first-order chi connectivity index (χ1) is 8.06. The highest BCUT2D eigenvalue weighted by Gasteiger charge is 2.09. The number of benzene rings is 1. The number of carbonyl (C=O) groups excluding carboxylic acids is 1. The van der Waals surface area contributed by atoms with Crippen molar-refractivity contribution in [3.63, 3.8) is 0 Å². The van der Waals surface area contributed by atoms with Gasteiger partial charge in [-0.15, -0.1) is 0 Å². The minimum Gasteiger partial charge on any atom is -0.305 e. The summed E-state index contributed by atoms with van der Waals surface area (Å²) in [4.78, 5) is 11.9. The number of hydrogen-bond donors (Lipinski definition) is 1. The monoisotopic (exact) mass is 361 g/mol. The third-order valence-corrected chi connectivity index (χ3v) is 3.71. The first-order valence-corrected chi connectivity index (χ1v) is 6.28. The Bertz CT molecular complexity index is 568. The van der Waals surface area contributed by atoms with Crippen molar-refractivity contribution < 1.29 is 4.79 Å². The number of anilines is 1. The van der Waals surface area contributed by atoms with Gasteiger partial charge in [0.05, 0.1) is 5.02 Å². The summed E-state index contributed by atoms with van der Waals surface area (Å²) in [6, 6.07) is 6.90. The maximum absolute atomic E-state index is 11.9. The zero-order valence-corrected chi connectivity index (χ0v) is 11.9. The van der Waals surface area contributed by atoms with E-state index < -0.39 is 0 Å². The largest absolute Gasteiger partial charge is 0.305 e. The fraction of sp³-hybridized carbons (Fsp3) is 0.0909. The molecule has 17 heavy (non-hydrogen) atoms. The average Bonchev–Trinajstić information content (AvgIpc) is 2.68. The minimum atomic E-state index is -0.220. The first-order valence-electron chi connectivity index (χ1n) is 4.82. The van der Waals surface area contributed by atoms with Gasteiger partial charge in [0.25, 0.3) is 5.91 Å². The van der Waals surface area contributed by atoms with E-state index in [9.17, 15) is 4.79 Å². The van der Waals surface area contributed by atoms with Crippen LogP contribution in [-0.4, -0.2) is 15.7 Å². The van der Waals surface area contributed by atoms with E-state index in [1.807, 2.05) is 0 Å². The Balaban J connectivity index is 2.17. The summed E-state index contributed by atoms with van der Waals surface area (Å²) in [6.45, 7) is 0. The summed E-state index contributed by atoms with van der Waals surface area (Å²) in [7, 11) is 1.79. The lowest BCUT2D eigenvalue weighted by atomic mass is 10.2. The number of carbonyl (C=O) groups is 1. The van der Waals surface area contributed by atoms with Crippen LogP contribution in [0.1, 0.15) is 10.4 Å². The maximum atomic E-state index is 11.9. The Morgan fingerprint density at radius 1 is 1.47 bits per heavy atom. The molecule has 1 N–H and O–H groups in total. The molecule has 0 radical (unpaired) electrons. The second-order valence-corrected chi connectivity index (χ2v) is 5.03. The highest BCUT2D eigenvalue weighted by atomic mass is 127. The lowest BCUT2D eigenvalue weighted by Crippen LogP contribution is -2.12. The van der Waals surface area contributed by atoms with Crippen LogP contribution in [0.15, 0.2) is 30.5 Å². The van der Waals surface area contributed by atoms with Crippen molar-refractivity contribution in [3.8, 4) is 0 Å². The fourth-order valence-corrected chi connectivity index (χ4v) is 1.82. The van der Waals surface area contributed by atoms with Gasteiger partial charge in [0.1, 0.15) is 0 Å². The molecule has 4 nitrogen and oxygen atoms in total. The molecule has 0 spiro atoms. The third-order valence-electron chi connectivity index (χ3n) is 2.14. The second-order valence-electron chi connectivity index (χ2n) is 3.46. The van der Waals surface area contributed by atoms with Crippen molar-refractivity contribution in [1.82, 2.24) is 9.78 Å². The Morgan fingerprint density at radius 3 is 2.82 bits per heavy atom. The number of nitrogens with one attached hydrogen (secondary N) is 1. The van der Waals surface area contributed by atoms with E-state index in [2.05, 4.69) is 33.0 Å². The Labute approximate surface area is 117 Å². The number of aromatic nitrogens is 2. The smallest absolute Gasteiger partial charge is 0.256 e. The average molecular weight is 362 g/mol. The molecular formula is C11H9ClIN3O. The molecule has 88 valence electrons. The summed E-state index contributed by atoms with van der Waals surface area (Å²) < 4.78 is 2.54. The third kappa shape index (κ3) is 2.98. The van der Waals surface area contributed by atoms with Crippen LogP contribution in [-0.2, 0) is 7.05 Å². The van der Waals surface area contributed by atoms with Gasteiger partial charge in [-0.25, -0.2) is 0 Å². The quantitative estimate of drug-likeness (QED) is 0.836. The SMILES string of the molecule is Cn1ccc(NC(=O)c2ccc(I)c(Cl)c2)n1. The summed E-state index contributed by atoms with van der Waals surface area (Å²) in [5.74, 6) is 0.300. The van der Waals surface area contributed by atoms with E-state index in [0.717, 1.165) is 3.57 Å². The van der Waals surface area contributed by atoms with Gasteiger partial charge in [-0.05, 0) is 40.8 Å². The van der Waals surface area contributed by atoms with Crippen LogP contribution in [0.3, 0.4) is 0 Å². The molecule has 0 atom stereocenters. The van der Waals surface area contributed by atoms with Crippen molar-refractivity contribution in [3.05, 3.63) is 44.6 Å². The van der Waals surface area contributed by atoms with Gasteiger partial charge < -0.3 is 5.32 Å². The van der Waals surface area contributed by atoms with Crippen LogP contribution >= 0.6 is 34.2 Å². The molecule has 1 heterocycles. The van der Waals surface area contributed by atoms with Gasteiger partial charge in [0.15, 0.2) is 5.82 Å². The maximum Gasteiger partial charge on any atom is 0.256 e. The van der Waals surface area contributed by atoms with Crippen LogP contribution in [0.2, 0.25) is 5.02 Å². The molecule has 2 rings (SSSR count). The molecular weight excluding hydrogens is 352 g/mol. The molecule has 0 fully saturated rings. The number of rotatable bonds is 2. The van der Waals surface area contributed by atoms with Crippen LogP contribution < -0.4 is 5.32 Å². The second kappa shape index (κ2) is 5.05. The van der Waals surface area contributed by atoms with E-state index in [1.54, 1.807) is 42.2 Å². The zero-order valence-electron chi connectivity index (χ0n) is 8.95.